The number of carbonyl (C=O) groups excluding carboxylic acids is 2. The SMILES string of the molecule is COc1ccc(S(=O)(=O)N2CC(=O)N(Cc3ccccc3)[C@](C)(C(=O)NC3CCCCC3)C2)cc1. The number of hydrogen-bond donors (Lipinski definition) is 1. The zero-order valence-corrected chi connectivity index (χ0v) is 21.1. The summed E-state index contributed by atoms with van der Waals surface area (Å²) in [5.74, 6) is -0.189. The van der Waals surface area contributed by atoms with E-state index in [0.717, 1.165) is 42.0 Å². The average molecular weight is 500 g/mol. The van der Waals surface area contributed by atoms with Crippen LogP contribution >= 0.6 is 0 Å². The Kier molecular flexibility index (Phi) is 7.47. The monoisotopic (exact) mass is 499 g/mol. The molecule has 1 saturated carbocycles. The van der Waals surface area contributed by atoms with E-state index >= 15 is 0 Å². The number of ether oxygens (including phenoxy) is 1. The first-order valence-electron chi connectivity index (χ1n) is 12.0. The van der Waals surface area contributed by atoms with Crippen molar-refractivity contribution in [1.82, 2.24) is 14.5 Å². The second-order valence-corrected chi connectivity index (χ2v) is 11.4. The summed E-state index contributed by atoms with van der Waals surface area (Å²) < 4.78 is 33.2. The quantitative estimate of drug-likeness (QED) is 0.632. The van der Waals surface area contributed by atoms with E-state index in [9.17, 15) is 18.0 Å². The van der Waals surface area contributed by atoms with E-state index in [1.54, 1.807) is 19.1 Å². The first-order valence-corrected chi connectivity index (χ1v) is 13.5. The minimum Gasteiger partial charge on any atom is -0.497 e. The van der Waals surface area contributed by atoms with Crippen molar-refractivity contribution >= 4 is 21.8 Å². The van der Waals surface area contributed by atoms with Gasteiger partial charge in [0.05, 0.1) is 18.6 Å². The predicted molar refractivity (Wildman–Crippen MR) is 132 cm³/mol. The first-order chi connectivity index (χ1) is 16.7. The largest absolute Gasteiger partial charge is 0.497 e. The molecule has 0 unspecified atom stereocenters. The summed E-state index contributed by atoms with van der Waals surface area (Å²) in [5, 5.41) is 3.12. The van der Waals surface area contributed by atoms with Gasteiger partial charge in [0.1, 0.15) is 11.3 Å². The highest BCUT2D eigenvalue weighted by Gasteiger charge is 2.50. The van der Waals surface area contributed by atoms with E-state index < -0.39 is 21.5 Å². The maximum Gasteiger partial charge on any atom is 0.247 e. The molecule has 2 aliphatic rings. The number of methoxy groups -OCH3 is 1. The molecule has 1 atom stereocenters. The molecule has 1 N–H and O–H groups in total. The third kappa shape index (κ3) is 5.36. The Labute approximate surface area is 207 Å². The van der Waals surface area contributed by atoms with Crippen molar-refractivity contribution in [2.75, 3.05) is 20.2 Å². The number of hydrogen-bond acceptors (Lipinski definition) is 5. The average Bonchev–Trinajstić information content (AvgIpc) is 2.87. The van der Waals surface area contributed by atoms with Gasteiger partial charge in [-0.15, -0.1) is 0 Å². The third-order valence-electron chi connectivity index (χ3n) is 7.00. The smallest absolute Gasteiger partial charge is 0.247 e. The molecule has 2 aromatic rings. The molecule has 2 aromatic carbocycles. The molecule has 188 valence electrons. The van der Waals surface area contributed by atoms with Crippen LogP contribution in [0.4, 0.5) is 0 Å². The fourth-order valence-electron chi connectivity index (χ4n) is 4.87. The molecule has 0 radical (unpaired) electrons. The lowest BCUT2D eigenvalue weighted by Gasteiger charge is -2.47. The van der Waals surface area contributed by atoms with Crippen LogP contribution in [0.25, 0.3) is 0 Å². The van der Waals surface area contributed by atoms with Gasteiger partial charge in [0.15, 0.2) is 0 Å². The van der Waals surface area contributed by atoms with Gasteiger partial charge < -0.3 is 15.0 Å². The number of amides is 2. The lowest BCUT2D eigenvalue weighted by molar-refractivity contribution is -0.154. The van der Waals surface area contributed by atoms with Gasteiger partial charge in [-0.05, 0) is 49.6 Å². The molecule has 2 amide bonds. The van der Waals surface area contributed by atoms with Crippen molar-refractivity contribution in [3.05, 3.63) is 60.2 Å². The van der Waals surface area contributed by atoms with Gasteiger partial charge in [-0.1, -0.05) is 49.6 Å². The highest BCUT2D eigenvalue weighted by Crippen LogP contribution is 2.30. The Morgan fingerprint density at radius 2 is 1.71 bits per heavy atom. The maximum absolute atomic E-state index is 13.7. The molecular formula is C26H33N3O5S. The number of nitrogens with one attached hydrogen (secondary N) is 1. The molecule has 35 heavy (non-hydrogen) atoms. The fourth-order valence-corrected chi connectivity index (χ4v) is 6.35. The summed E-state index contributed by atoms with van der Waals surface area (Å²) in [4.78, 5) is 28.7. The van der Waals surface area contributed by atoms with E-state index in [-0.39, 0.29) is 36.5 Å². The van der Waals surface area contributed by atoms with Crippen LogP contribution < -0.4 is 10.1 Å². The van der Waals surface area contributed by atoms with E-state index in [1.807, 2.05) is 30.3 Å². The molecule has 9 heteroatoms. The Hall–Kier alpha value is -2.91. The normalized spacial score (nSPS) is 22.1. The summed E-state index contributed by atoms with van der Waals surface area (Å²) in [6.45, 7) is 1.44. The summed E-state index contributed by atoms with van der Waals surface area (Å²) in [5.41, 5.74) is -0.480. The number of sulfonamides is 1. The number of nitrogens with zero attached hydrogens (tertiary/aromatic N) is 2. The topological polar surface area (TPSA) is 96.0 Å². The van der Waals surface area contributed by atoms with Crippen LogP contribution in [0.3, 0.4) is 0 Å². The molecule has 1 heterocycles. The number of carbonyl (C=O) groups is 2. The van der Waals surface area contributed by atoms with Crippen LogP contribution in [-0.4, -0.2) is 61.2 Å². The Morgan fingerprint density at radius 1 is 1.06 bits per heavy atom. The van der Waals surface area contributed by atoms with E-state index in [1.165, 1.54) is 24.1 Å². The fraction of sp³-hybridized carbons (Fsp3) is 0.462. The summed E-state index contributed by atoms with van der Waals surface area (Å²) in [6.07, 6.45) is 5.03. The molecule has 4 rings (SSSR count). The highest BCUT2D eigenvalue weighted by atomic mass is 32.2. The zero-order chi connectivity index (χ0) is 25.1. The Balaban J connectivity index is 1.65. The van der Waals surface area contributed by atoms with E-state index in [0.29, 0.717) is 5.75 Å². The van der Waals surface area contributed by atoms with Crippen LogP contribution in [0.15, 0.2) is 59.5 Å². The molecule has 0 bridgehead atoms. The van der Waals surface area contributed by atoms with Crippen molar-refractivity contribution in [3.8, 4) is 5.75 Å². The second kappa shape index (κ2) is 10.4. The van der Waals surface area contributed by atoms with Crippen molar-refractivity contribution in [3.63, 3.8) is 0 Å². The van der Waals surface area contributed by atoms with Crippen LogP contribution in [0.1, 0.15) is 44.6 Å². The summed E-state index contributed by atoms with van der Waals surface area (Å²) in [7, 11) is -2.50. The first kappa shape index (κ1) is 25.2. The Morgan fingerprint density at radius 3 is 2.34 bits per heavy atom. The molecule has 0 aromatic heterocycles. The van der Waals surface area contributed by atoms with Crippen molar-refractivity contribution in [1.29, 1.82) is 0 Å². The number of rotatable bonds is 7. The number of piperazine rings is 1. The van der Waals surface area contributed by atoms with Gasteiger partial charge in [0, 0.05) is 19.1 Å². The highest BCUT2D eigenvalue weighted by molar-refractivity contribution is 7.89. The van der Waals surface area contributed by atoms with Crippen LogP contribution in [0, 0.1) is 0 Å². The lowest BCUT2D eigenvalue weighted by Crippen LogP contribution is -2.70. The maximum atomic E-state index is 13.7. The van der Waals surface area contributed by atoms with Gasteiger partial charge in [0.25, 0.3) is 0 Å². The van der Waals surface area contributed by atoms with Crippen molar-refractivity contribution < 1.29 is 22.7 Å². The van der Waals surface area contributed by atoms with Crippen LogP contribution in [-0.2, 0) is 26.2 Å². The van der Waals surface area contributed by atoms with E-state index in [4.69, 9.17) is 4.74 Å². The van der Waals surface area contributed by atoms with E-state index in [2.05, 4.69) is 5.32 Å². The molecule has 8 nitrogen and oxygen atoms in total. The predicted octanol–water partition coefficient (Wildman–Crippen LogP) is 2.94. The minimum atomic E-state index is -4.00. The molecule has 0 spiro atoms. The third-order valence-corrected chi connectivity index (χ3v) is 8.81. The summed E-state index contributed by atoms with van der Waals surface area (Å²) in [6, 6.07) is 15.5. The standard InChI is InChI=1S/C26H33N3O5S/c1-26(25(31)27-21-11-7-4-8-12-21)19-28(35(32,33)23-15-13-22(34-2)14-16-23)18-24(30)29(26)17-20-9-5-3-6-10-20/h3,5-6,9-10,13-16,21H,4,7-8,11-12,17-19H2,1-2H3,(H,27,31)/t26-/m0/s1. The van der Waals surface area contributed by atoms with Gasteiger partial charge >= 0.3 is 0 Å². The summed E-state index contributed by atoms with van der Waals surface area (Å²) >= 11 is 0. The van der Waals surface area contributed by atoms with Crippen molar-refractivity contribution in [2.24, 2.45) is 0 Å². The van der Waals surface area contributed by atoms with Crippen molar-refractivity contribution in [2.45, 2.75) is 62.0 Å². The molecular weight excluding hydrogens is 466 g/mol. The zero-order valence-electron chi connectivity index (χ0n) is 20.3. The molecule has 1 aliphatic heterocycles. The van der Waals surface area contributed by atoms with Gasteiger partial charge in [-0.3, -0.25) is 9.59 Å². The molecule has 2 fully saturated rings. The number of benzene rings is 2. The van der Waals surface area contributed by atoms with Crippen LogP contribution in [0.5, 0.6) is 5.75 Å². The van der Waals surface area contributed by atoms with Gasteiger partial charge in [-0.25, -0.2) is 8.42 Å². The molecule has 1 aliphatic carbocycles. The molecule has 1 saturated heterocycles. The van der Waals surface area contributed by atoms with Gasteiger partial charge in [-0.2, -0.15) is 4.31 Å². The Bertz CT molecular complexity index is 1150. The van der Waals surface area contributed by atoms with Gasteiger partial charge in [0.2, 0.25) is 21.8 Å². The minimum absolute atomic E-state index is 0.0373. The lowest BCUT2D eigenvalue weighted by atomic mass is 9.91. The second-order valence-electron chi connectivity index (χ2n) is 9.50. The van der Waals surface area contributed by atoms with Crippen LogP contribution in [0.2, 0.25) is 0 Å².